The van der Waals surface area contributed by atoms with Gasteiger partial charge >= 0.3 is 0 Å². The first-order chi connectivity index (χ1) is 14.4. The molecule has 156 valence electrons. The molecule has 1 aromatic heterocycles. The van der Waals surface area contributed by atoms with Gasteiger partial charge in [0.05, 0.1) is 11.4 Å². The second-order valence-corrected chi connectivity index (χ2v) is 10.4. The van der Waals surface area contributed by atoms with Crippen molar-refractivity contribution in [1.29, 1.82) is 0 Å². The molecule has 30 heavy (non-hydrogen) atoms. The van der Waals surface area contributed by atoms with Gasteiger partial charge in [-0.3, -0.25) is 4.79 Å². The number of carbonyl (C=O) groups is 1. The number of carbonyl (C=O) groups excluding carboxylic acids is 1. The van der Waals surface area contributed by atoms with Gasteiger partial charge in [-0.05, 0) is 31.4 Å². The Morgan fingerprint density at radius 3 is 2.57 bits per heavy atom. The van der Waals surface area contributed by atoms with Gasteiger partial charge in [-0.15, -0.1) is 11.3 Å². The molecule has 2 heterocycles. The van der Waals surface area contributed by atoms with E-state index in [1.165, 1.54) is 15.6 Å². The first-order valence-corrected chi connectivity index (χ1v) is 12.3. The molecular formula is C22H23N3O3S2. The molecule has 0 spiro atoms. The summed E-state index contributed by atoms with van der Waals surface area (Å²) in [5.41, 5.74) is 4.85. The first kappa shape index (κ1) is 20.7. The van der Waals surface area contributed by atoms with Crippen molar-refractivity contribution in [2.75, 3.05) is 11.1 Å². The van der Waals surface area contributed by atoms with Crippen LogP contribution in [0.4, 0.5) is 5.13 Å². The number of rotatable bonds is 5. The lowest BCUT2D eigenvalue weighted by atomic mass is 9.95. The normalized spacial score (nSPS) is 16.8. The molecule has 0 saturated heterocycles. The van der Waals surface area contributed by atoms with Crippen LogP contribution >= 0.6 is 11.3 Å². The van der Waals surface area contributed by atoms with E-state index in [0.29, 0.717) is 11.6 Å². The van der Waals surface area contributed by atoms with Crippen LogP contribution in [0.1, 0.15) is 23.6 Å². The molecule has 0 bridgehead atoms. The highest BCUT2D eigenvalue weighted by atomic mass is 32.2. The van der Waals surface area contributed by atoms with Gasteiger partial charge in [0.25, 0.3) is 0 Å². The zero-order chi connectivity index (χ0) is 21.3. The van der Waals surface area contributed by atoms with Crippen molar-refractivity contribution in [3.8, 4) is 11.3 Å². The Morgan fingerprint density at radius 1 is 1.17 bits per heavy atom. The molecular weight excluding hydrogens is 418 g/mol. The monoisotopic (exact) mass is 441 g/mol. The van der Waals surface area contributed by atoms with Crippen LogP contribution in [0.5, 0.6) is 0 Å². The molecule has 1 aliphatic rings. The molecule has 0 fully saturated rings. The van der Waals surface area contributed by atoms with Crippen molar-refractivity contribution < 1.29 is 13.2 Å². The number of benzene rings is 2. The van der Waals surface area contributed by atoms with E-state index in [-0.39, 0.29) is 18.2 Å². The second-order valence-electron chi connectivity index (χ2n) is 7.33. The Kier molecular flexibility index (Phi) is 5.73. The fraction of sp³-hybridized carbons (Fsp3) is 0.273. The number of hydrogen-bond acceptors (Lipinski definition) is 5. The number of thiazole rings is 1. The van der Waals surface area contributed by atoms with Gasteiger partial charge in [0, 0.05) is 17.5 Å². The Balaban J connectivity index is 1.57. The smallest absolute Gasteiger partial charge is 0.244 e. The highest BCUT2D eigenvalue weighted by Gasteiger charge is 2.38. The summed E-state index contributed by atoms with van der Waals surface area (Å²) < 4.78 is 26.7. The summed E-state index contributed by atoms with van der Waals surface area (Å²) in [7, 11) is -3.54. The molecule has 8 heteroatoms. The number of fused-ring (bicyclic) bond motifs is 1. The fourth-order valence-corrected chi connectivity index (χ4v) is 5.51. The summed E-state index contributed by atoms with van der Waals surface area (Å²) in [6.45, 7) is 3.82. The number of nitrogens with one attached hydrogen (secondary N) is 1. The predicted molar refractivity (Wildman–Crippen MR) is 120 cm³/mol. The molecule has 2 aromatic carbocycles. The van der Waals surface area contributed by atoms with Crippen molar-refractivity contribution in [3.63, 3.8) is 0 Å². The average molecular weight is 442 g/mol. The van der Waals surface area contributed by atoms with Crippen LogP contribution in [0.25, 0.3) is 11.3 Å². The van der Waals surface area contributed by atoms with Gasteiger partial charge in [0.1, 0.15) is 6.04 Å². The lowest BCUT2D eigenvalue weighted by Crippen LogP contribution is -2.51. The molecule has 1 aliphatic heterocycles. The molecule has 1 amide bonds. The van der Waals surface area contributed by atoms with Crippen LogP contribution < -0.4 is 5.32 Å². The molecule has 3 aromatic rings. The molecule has 0 radical (unpaired) electrons. The zero-order valence-electron chi connectivity index (χ0n) is 16.8. The Morgan fingerprint density at radius 2 is 1.87 bits per heavy atom. The Labute approximate surface area is 180 Å². The number of hydrogen-bond donors (Lipinski definition) is 1. The summed E-state index contributed by atoms with van der Waals surface area (Å²) in [5.74, 6) is -0.403. The van der Waals surface area contributed by atoms with Gasteiger partial charge < -0.3 is 5.32 Å². The Hall–Kier alpha value is -2.55. The predicted octanol–water partition coefficient (Wildman–Crippen LogP) is 3.83. The van der Waals surface area contributed by atoms with E-state index in [1.807, 2.05) is 60.8 Å². The van der Waals surface area contributed by atoms with Gasteiger partial charge in [-0.2, -0.15) is 4.31 Å². The van der Waals surface area contributed by atoms with Crippen LogP contribution in [0.15, 0.2) is 53.9 Å². The third-order valence-corrected chi connectivity index (χ3v) is 7.90. The molecule has 6 nitrogen and oxygen atoms in total. The fourth-order valence-electron chi connectivity index (χ4n) is 3.56. The summed E-state index contributed by atoms with van der Waals surface area (Å²) >= 11 is 1.33. The summed E-state index contributed by atoms with van der Waals surface area (Å²) in [6.07, 6.45) is 0.345. The van der Waals surface area contributed by atoms with Crippen LogP contribution in [-0.4, -0.2) is 35.4 Å². The van der Waals surface area contributed by atoms with Crippen LogP contribution in [0.3, 0.4) is 0 Å². The molecule has 0 aliphatic carbocycles. The molecule has 1 atom stereocenters. The minimum atomic E-state index is -3.54. The standard InChI is InChI=1S/C22H23N3O3S2/c1-3-30(27,28)25-13-18-7-5-4-6-17(18)12-20(25)21(26)24-22-23-19(14-29-22)16-10-8-15(2)9-11-16/h4-11,14,20H,3,12-13H2,1-2H3,(H,23,24,26)/t20-/m0/s1. The number of anilines is 1. The largest absolute Gasteiger partial charge is 0.301 e. The average Bonchev–Trinajstić information content (AvgIpc) is 3.21. The van der Waals surface area contributed by atoms with Crippen molar-refractivity contribution in [1.82, 2.24) is 9.29 Å². The lowest BCUT2D eigenvalue weighted by molar-refractivity contribution is -0.120. The topological polar surface area (TPSA) is 79.4 Å². The van der Waals surface area contributed by atoms with Crippen LogP contribution in [0.2, 0.25) is 0 Å². The zero-order valence-corrected chi connectivity index (χ0v) is 18.5. The minimum Gasteiger partial charge on any atom is -0.301 e. The summed E-state index contributed by atoms with van der Waals surface area (Å²) in [4.78, 5) is 17.6. The molecule has 0 saturated carbocycles. The van der Waals surface area contributed by atoms with E-state index in [0.717, 1.165) is 27.9 Å². The summed E-state index contributed by atoms with van der Waals surface area (Å²) in [6, 6.07) is 14.9. The van der Waals surface area contributed by atoms with E-state index in [4.69, 9.17) is 0 Å². The van der Waals surface area contributed by atoms with Crippen molar-refractivity contribution in [2.45, 2.75) is 32.9 Å². The van der Waals surface area contributed by atoms with Gasteiger partial charge in [0.2, 0.25) is 15.9 Å². The molecule has 1 N–H and O–H groups in total. The maximum atomic E-state index is 13.1. The molecule has 4 rings (SSSR count). The van der Waals surface area contributed by atoms with Gasteiger partial charge in [0.15, 0.2) is 5.13 Å². The van der Waals surface area contributed by atoms with E-state index < -0.39 is 16.1 Å². The maximum Gasteiger partial charge on any atom is 0.244 e. The number of sulfonamides is 1. The van der Waals surface area contributed by atoms with E-state index >= 15 is 0 Å². The first-order valence-electron chi connectivity index (χ1n) is 9.77. The number of nitrogens with zero attached hydrogens (tertiary/aromatic N) is 2. The van der Waals surface area contributed by atoms with Crippen LogP contribution in [-0.2, 0) is 27.8 Å². The lowest BCUT2D eigenvalue weighted by Gasteiger charge is -2.34. The van der Waals surface area contributed by atoms with Crippen molar-refractivity contribution in [2.24, 2.45) is 0 Å². The highest BCUT2D eigenvalue weighted by molar-refractivity contribution is 7.89. The number of aryl methyl sites for hydroxylation is 1. The summed E-state index contributed by atoms with van der Waals surface area (Å²) in [5, 5.41) is 5.18. The van der Waals surface area contributed by atoms with E-state index in [1.54, 1.807) is 6.92 Å². The van der Waals surface area contributed by atoms with Gasteiger partial charge in [-0.1, -0.05) is 54.1 Å². The third-order valence-electron chi connectivity index (χ3n) is 5.31. The van der Waals surface area contributed by atoms with E-state index in [2.05, 4.69) is 10.3 Å². The number of amides is 1. The minimum absolute atomic E-state index is 0.0478. The van der Waals surface area contributed by atoms with Gasteiger partial charge in [-0.25, -0.2) is 13.4 Å². The SMILES string of the molecule is CCS(=O)(=O)N1Cc2ccccc2C[C@H]1C(=O)Nc1nc(-c2ccc(C)cc2)cs1. The quantitative estimate of drug-likeness (QED) is 0.653. The van der Waals surface area contributed by atoms with Crippen LogP contribution in [0, 0.1) is 6.92 Å². The highest BCUT2D eigenvalue weighted by Crippen LogP contribution is 2.29. The third kappa shape index (κ3) is 4.16. The Bertz CT molecular complexity index is 1170. The maximum absolute atomic E-state index is 13.1. The van der Waals surface area contributed by atoms with Crippen molar-refractivity contribution >= 4 is 32.4 Å². The van der Waals surface area contributed by atoms with Crippen molar-refractivity contribution in [3.05, 3.63) is 70.6 Å². The molecule has 0 unspecified atom stereocenters. The van der Waals surface area contributed by atoms with E-state index in [9.17, 15) is 13.2 Å². The number of aromatic nitrogens is 1. The second kappa shape index (κ2) is 8.29.